The van der Waals surface area contributed by atoms with Gasteiger partial charge in [-0.1, -0.05) is 48.5 Å². The van der Waals surface area contributed by atoms with E-state index in [1.807, 2.05) is 78.9 Å². The Morgan fingerprint density at radius 3 is 2.03 bits per heavy atom. The third kappa shape index (κ3) is 7.00. The Morgan fingerprint density at radius 2 is 1.42 bits per heavy atom. The van der Waals surface area contributed by atoms with E-state index in [4.69, 9.17) is 9.47 Å². The van der Waals surface area contributed by atoms with E-state index in [2.05, 4.69) is 0 Å². The Hall–Kier alpha value is -3.60. The van der Waals surface area contributed by atoms with Crippen LogP contribution in [0.25, 0.3) is 0 Å². The zero-order chi connectivity index (χ0) is 21.9. The van der Waals surface area contributed by atoms with Crippen molar-refractivity contribution < 1.29 is 19.1 Å². The molecule has 1 amide bonds. The molecule has 0 aromatic heterocycles. The van der Waals surface area contributed by atoms with Crippen LogP contribution in [0, 0.1) is 0 Å². The molecule has 0 aliphatic carbocycles. The third-order valence-electron chi connectivity index (χ3n) is 4.71. The van der Waals surface area contributed by atoms with Crippen LogP contribution in [0.3, 0.4) is 0 Å². The smallest absolute Gasteiger partial charge is 0.418 e. The van der Waals surface area contributed by atoms with Gasteiger partial charge in [0.2, 0.25) is 0 Å². The van der Waals surface area contributed by atoms with Crippen molar-refractivity contribution in [1.82, 2.24) is 0 Å². The lowest BCUT2D eigenvalue weighted by molar-refractivity contribution is -0.131. The van der Waals surface area contributed by atoms with Crippen LogP contribution in [-0.2, 0) is 16.0 Å². The van der Waals surface area contributed by atoms with Gasteiger partial charge in [-0.15, -0.1) is 0 Å². The molecule has 5 heteroatoms. The minimum Gasteiger partial charge on any atom is -0.449 e. The standard InChI is InChI=1S/C26H27NO4/c1-21(28)31-25-18-11-13-22(20-25)12-5-4-10-19-30-26(29)27(23-14-6-2-7-15-23)24-16-8-3-9-17-24/h2-3,6-9,11,13-18,20H,4-5,10,12,19H2,1H3. The number of unbranched alkanes of at least 4 members (excludes halogenated alkanes) is 2. The maximum Gasteiger partial charge on any atom is 0.418 e. The van der Waals surface area contributed by atoms with Gasteiger partial charge in [0.1, 0.15) is 5.75 Å². The minimum absolute atomic E-state index is 0.320. The zero-order valence-electron chi connectivity index (χ0n) is 17.7. The van der Waals surface area contributed by atoms with Crippen molar-refractivity contribution in [2.75, 3.05) is 11.5 Å². The normalized spacial score (nSPS) is 10.4. The molecule has 0 radical (unpaired) electrons. The van der Waals surface area contributed by atoms with Crippen molar-refractivity contribution in [3.8, 4) is 5.75 Å². The highest BCUT2D eigenvalue weighted by atomic mass is 16.6. The Morgan fingerprint density at radius 1 is 0.774 bits per heavy atom. The summed E-state index contributed by atoms with van der Waals surface area (Å²) in [4.78, 5) is 25.4. The SMILES string of the molecule is CC(=O)Oc1cccc(CCCCCOC(=O)N(c2ccccc2)c2ccccc2)c1. The predicted molar refractivity (Wildman–Crippen MR) is 122 cm³/mol. The number of carbonyl (C=O) groups is 2. The van der Waals surface area contributed by atoms with Crippen molar-refractivity contribution in [3.05, 3.63) is 90.5 Å². The fourth-order valence-electron chi connectivity index (χ4n) is 3.28. The first-order chi connectivity index (χ1) is 15.1. The number of esters is 1. The summed E-state index contributed by atoms with van der Waals surface area (Å²) in [5.41, 5.74) is 2.66. The number of hydrogen-bond acceptors (Lipinski definition) is 4. The number of nitrogens with zero attached hydrogens (tertiary/aromatic N) is 1. The van der Waals surface area contributed by atoms with Crippen molar-refractivity contribution in [3.63, 3.8) is 0 Å². The molecule has 0 bridgehead atoms. The molecule has 3 aromatic carbocycles. The van der Waals surface area contributed by atoms with E-state index in [9.17, 15) is 9.59 Å². The van der Waals surface area contributed by atoms with Crippen molar-refractivity contribution in [2.45, 2.75) is 32.6 Å². The summed E-state index contributed by atoms with van der Waals surface area (Å²) in [6, 6.07) is 26.5. The number of ether oxygens (including phenoxy) is 2. The number of anilines is 2. The summed E-state index contributed by atoms with van der Waals surface area (Å²) in [6.45, 7) is 1.76. The first kappa shape index (κ1) is 22.1. The summed E-state index contributed by atoms with van der Waals surface area (Å²) in [7, 11) is 0. The van der Waals surface area contributed by atoms with Gasteiger partial charge in [0.05, 0.1) is 18.0 Å². The molecule has 0 aliphatic heterocycles. The van der Waals surface area contributed by atoms with Gasteiger partial charge in [-0.2, -0.15) is 0 Å². The van der Waals surface area contributed by atoms with Crippen LogP contribution in [0.4, 0.5) is 16.2 Å². The second-order valence-corrected chi connectivity index (χ2v) is 7.17. The third-order valence-corrected chi connectivity index (χ3v) is 4.71. The molecule has 3 rings (SSSR count). The largest absolute Gasteiger partial charge is 0.449 e. The van der Waals surface area contributed by atoms with Gasteiger partial charge in [-0.25, -0.2) is 9.69 Å². The van der Waals surface area contributed by atoms with Crippen LogP contribution in [0.15, 0.2) is 84.9 Å². The summed E-state index contributed by atoms with van der Waals surface area (Å²) < 4.78 is 10.7. The molecule has 31 heavy (non-hydrogen) atoms. The van der Waals surface area contributed by atoms with Crippen LogP contribution >= 0.6 is 0 Å². The lowest BCUT2D eigenvalue weighted by Crippen LogP contribution is -2.27. The molecule has 3 aromatic rings. The van der Waals surface area contributed by atoms with Crippen LogP contribution in [0.5, 0.6) is 5.75 Å². The number of para-hydroxylation sites is 2. The number of hydrogen-bond donors (Lipinski definition) is 0. The number of benzene rings is 3. The van der Waals surface area contributed by atoms with Gasteiger partial charge in [0.25, 0.3) is 0 Å². The number of amides is 1. The lowest BCUT2D eigenvalue weighted by Gasteiger charge is -2.22. The predicted octanol–water partition coefficient (Wildman–Crippen LogP) is 6.30. The van der Waals surface area contributed by atoms with Gasteiger partial charge < -0.3 is 9.47 Å². The molecule has 0 atom stereocenters. The Bertz CT molecular complexity index is 933. The number of aryl methyl sites for hydroxylation is 1. The Balaban J connectivity index is 1.46. The molecule has 0 heterocycles. The number of rotatable bonds is 9. The molecule has 0 unspecified atom stereocenters. The first-order valence-electron chi connectivity index (χ1n) is 10.5. The summed E-state index contributed by atoms with van der Waals surface area (Å²) in [5, 5.41) is 0. The van der Waals surface area contributed by atoms with Crippen molar-refractivity contribution >= 4 is 23.4 Å². The summed E-state index contributed by atoms with van der Waals surface area (Å²) in [6.07, 6.45) is 3.17. The van der Waals surface area contributed by atoms with Crippen LogP contribution in [0.1, 0.15) is 31.7 Å². The molecule has 0 spiro atoms. The van der Waals surface area contributed by atoms with E-state index in [-0.39, 0.29) is 12.1 Å². The zero-order valence-corrected chi connectivity index (χ0v) is 17.7. The van der Waals surface area contributed by atoms with Crippen LogP contribution in [-0.4, -0.2) is 18.7 Å². The van der Waals surface area contributed by atoms with E-state index in [1.54, 1.807) is 11.0 Å². The van der Waals surface area contributed by atoms with E-state index in [0.717, 1.165) is 42.6 Å². The minimum atomic E-state index is -0.383. The number of carbonyl (C=O) groups excluding carboxylic acids is 2. The molecular weight excluding hydrogens is 390 g/mol. The monoisotopic (exact) mass is 417 g/mol. The second kappa shape index (κ2) is 11.6. The van der Waals surface area contributed by atoms with E-state index in [0.29, 0.717) is 12.4 Å². The van der Waals surface area contributed by atoms with Gasteiger partial charge in [0, 0.05) is 6.92 Å². The average Bonchev–Trinajstić information content (AvgIpc) is 2.78. The molecular formula is C26H27NO4. The summed E-state index contributed by atoms with van der Waals surface area (Å²) in [5.74, 6) is 0.250. The second-order valence-electron chi connectivity index (χ2n) is 7.17. The molecule has 0 fully saturated rings. The molecule has 160 valence electrons. The van der Waals surface area contributed by atoms with Crippen LogP contribution < -0.4 is 9.64 Å². The highest BCUT2D eigenvalue weighted by molar-refractivity contribution is 5.95. The van der Waals surface area contributed by atoms with Crippen molar-refractivity contribution in [1.29, 1.82) is 0 Å². The van der Waals surface area contributed by atoms with Gasteiger partial charge in [-0.05, 0) is 67.6 Å². The Kier molecular flexibility index (Phi) is 8.23. The maximum absolute atomic E-state index is 12.8. The lowest BCUT2D eigenvalue weighted by atomic mass is 10.1. The Labute approximate surface area is 183 Å². The highest BCUT2D eigenvalue weighted by Crippen LogP contribution is 2.26. The quantitative estimate of drug-likeness (QED) is 0.233. The van der Waals surface area contributed by atoms with Gasteiger partial charge >= 0.3 is 12.1 Å². The topological polar surface area (TPSA) is 55.8 Å². The van der Waals surface area contributed by atoms with Crippen LogP contribution in [0.2, 0.25) is 0 Å². The van der Waals surface area contributed by atoms with Gasteiger partial charge in [-0.3, -0.25) is 4.79 Å². The summed E-state index contributed by atoms with van der Waals surface area (Å²) >= 11 is 0. The molecule has 0 N–H and O–H groups in total. The molecule has 0 saturated heterocycles. The van der Waals surface area contributed by atoms with Crippen molar-refractivity contribution in [2.24, 2.45) is 0 Å². The molecule has 5 nitrogen and oxygen atoms in total. The van der Waals surface area contributed by atoms with E-state index < -0.39 is 0 Å². The highest BCUT2D eigenvalue weighted by Gasteiger charge is 2.18. The average molecular weight is 418 g/mol. The molecule has 0 saturated carbocycles. The fraction of sp³-hybridized carbons (Fsp3) is 0.231. The molecule has 0 aliphatic rings. The fourth-order valence-corrected chi connectivity index (χ4v) is 3.28. The van der Waals surface area contributed by atoms with E-state index in [1.165, 1.54) is 6.92 Å². The maximum atomic E-state index is 12.8. The van der Waals surface area contributed by atoms with Gasteiger partial charge in [0.15, 0.2) is 0 Å². The van der Waals surface area contributed by atoms with E-state index >= 15 is 0 Å². The first-order valence-corrected chi connectivity index (χ1v) is 10.5.